The van der Waals surface area contributed by atoms with Crippen molar-refractivity contribution >= 4 is 27.7 Å². The number of hydrogen-bond donors (Lipinski definition) is 1. The van der Waals surface area contributed by atoms with Gasteiger partial charge in [-0.2, -0.15) is 0 Å². The molecule has 2 atom stereocenters. The summed E-state index contributed by atoms with van der Waals surface area (Å²) in [7, 11) is 0. The van der Waals surface area contributed by atoms with Gasteiger partial charge in [0.15, 0.2) is 0 Å². The van der Waals surface area contributed by atoms with Crippen LogP contribution in [0.3, 0.4) is 0 Å². The van der Waals surface area contributed by atoms with Crippen LogP contribution in [0.2, 0.25) is 0 Å². The highest BCUT2D eigenvalue weighted by Gasteiger charge is 2.28. The number of carbonyl (C=O) groups is 1. The SMILES string of the molecule is Cc1cnc(NC(=O)C2CCC(C)O2)c(Br)c1. The first kappa shape index (κ1) is 12.5. The number of pyridine rings is 1. The number of carbonyl (C=O) groups excluding carboxylic acids is 1. The number of nitrogens with zero attached hydrogens (tertiary/aromatic N) is 1. The van der Waals surface area contributed by atoms with E-state index in [4.69, 9.17) is 4.74 Å². The smallest absolute Gasteiger partial charge is 0.254 e. The Morgan fingerprint density at radius 1 is 1.59 bits per heavy atom. The average molecular weight is 299 g/mol. The van der Waals surface area contributed by atoms with Crippen molar-refractivity contribution in [3.63, 3.8) is 0 Å². The number of anilines is 1. The Labute approximate surface area is 109 Å². The molecule has 0 radical (unpaired) electrons. The number of ether oxygens (including phenoxy) is 1. The minimum absolute atomic E-state index is 0.119. The molecule has 1 fully saturated rings. The molecule has 1 N–H and O–H groups in total. The van der Waals surface area contributed by atoms with Crippen molar-refractivity contribution in [3.8, 4) is 0 Å². The van der Waals surface area contributed by atoms with Crippen LogP contribution in [0.15, 0.2) is 16.7 Å². The molecule has 0 aromatic carbocycles. The predicted octanol–water partition coefficient (Wildman–Crippen LogP) is 2.66. The highest BCUT2D eigenvalue weighted by Crippen LogP contribution is 2.23. The number of amides is 1. The van der Waals surface area contributed by atoms with Crippen LogP contribution in [-0.4, -0.2) is 23.1 Å². The quantitative estimate of drug-likeness (QED) is 0.913. The van der Waals surface area contributed by atoms with Crippen molar-refractivity contribution < 1.29 is 9.53 Å². The van der Waals surface area contributed by atoms with Crippen molar-refractivity contribution in [1.82, 2.24) is 4.98 Å². The van der Waals surface area contributed by atoms with Gasteiger partial charge in [0.2, 0.25) is 0 Å². The van der Waals surface area contributed by atoms with Gasteiger partial charge in [0, 0.05) is 6.20 Å². The van der Waals surface area contributed by atoms with Crippen LogP contribution in [-0.2, 0) is 9.53 Å². The molecular weight excluding hydrogens is 284 g/mol. The average Bonchev–Trinajstić information content (AvgIpc) is 2.69. The Morgan fingerprint density at radius 3 is 2.94 bits per heavy atom. The topological polar surface area (TPSA) is 51.2 Å². The summed E-state index contributed by atoms with van der Waals surface area (Å²) in [5.74, 6) is 0.426. The van der Waals surface area contributed by atoms with Crippen LogP contribution in [0.25, 0.3) is 0 Å². The molecule has 1 aromatic heterocycles. The third-order valence-corrected chi connectivity index (χ3v) is 3.35. The number of halogens is 1. The summed E-state index contributed by atoms with van der Waals surface area (Å²) in [6, 6.07) is 1.92. The molecule has 2 unspecified atom stereocenters. The summed E-state index contributed by atoms with van der Waals surface area (Å²) in [5.41, 5.74) is 1.04. The molecule has 1 aliphatic rings. The van der Waals surface area contributed by atoms with E-state index >= 15 is 0 Å². The van der Waals surface area contributed by atoms with Crippen LogP contribution in [0.4, 0.5) is 5.82 Å². The molecule has 17 heavy (non-hydrogen) atoms. The lowest BCUT2D eigenvalue weighted by molar-refractivity contribution is -0.126. The molecule has 1 saturated heterocycles. The first-order valence-corrected chi connectivity index (χ1v) is 6.44. The number of hydrogen-bond acceptors (Lipinski definition) is 3. The molecule has 0 bridgehead atoms. The number of aromatic nitrogens is 1. The van der Waals surface area contributed by atoms with Gasteiger partial charge in [-0.15, -0.1) is 0 Å². The van der Waals surface area contributed by atoms with Crippen molar-refractivity contribution in [1.29, 1.82) is 0 Å². The van der Waals surface area contributed by atoms with Crippen LogP contribution in [0.5, 0.6) is 0 Å². The van der Waals surface area contributed by atoms with Gasteiger partial charge >= 0.3 is 0 Å². The lowest BCUT2D eigenvalue weighted by Gasteiger charge is -2.12. The highest BCUT2D eigenvalue weighted by molar-refractivity contribution is 9.10. The molecule has 0 aliphatic carbocycles. The molecule has 92 valence electrons. The van der Waals surface area contributed by atoms with E-state index in [1.807, 2.05) is 19.9 Å². The molecule has 2 rings (SSSR count). The van der Waals surface area contributed by atoms with Crippen molar-refractivity contribution in [2.75, 3.05) is 5.32 Å². The van der Waals surface area contributed by atoms with Gasteiger partial charge in [0.1, 0.15) is 11.9 Å². The maximum Gasteiger partial charge on any atom is 0.254 e. The Bertz CT molecular complexity index is 437. The maximum atomic E-state index is 11.9. The molecule has 0 spiro atoms. The molecule has 1 aromatic rings. The number of rotatable bonds is 2. The van der Waals surface area contributed by atoms with Crippen molar-refractivity contribution in [2.45, 2.75) is 38.9 Å². The molecule has 1 amide bonds. The van der Waals surface area contributed by atoms with Gasteiger partial charge in [0.25, 0.3) is 5.91 Å². The summed E-state index contributed by atoms with van der Waals surface area (Å²) < 4.78 is 6.29. The lowest BCUT2D eigenvalue weighted by Crippen LogP contribution is -2.28. The summed E-state index contributed by atoms with van der Waals surface area (Å²) in [4.78, 5) is 16.1. The van der Waals surface area contributed by atoms with Gasteiger partial charge in [0.05, 0.1) is 10.6 Å². The fraction of sp³-hybridized carbons (Fsp3) is 0.500. The normalized spacial score (nSPS) is 23.7. The molecule has 0 saturated carbocycles. The van der Waals surface area contributed by atoms with E-state index in [1.54, 1.807) is 6.20 Å². The van der Waals surface area contributed by atoms with Crippen LogP contribution in [0, 0.1) is 6.92 Å². The van der Waals surface area contributed by atoms with E-state index in [0.29, 0.717) is 5.82 Å². The highest BCUT2D eigenvalue weighted by atomic mass is 79.9. The maximum absolute atomic E-state index is 11.9. The second kappa shape index (κ2) is 5.14. The molecule has 5 heteroatoms. The summed E-state index contributed by atoms with van der Waals surface area (Å²) in [6.45, 7) is 3.93. The van der Waals surface area contributed by atoms with Gasteiger partial charge in [-0.25, -0.2) is 4.98 Å². The first-order chi connectivity index (χ1) is 8.06. The predicted molar refractivity (Wildman–Crippen MR) is 68.9 cm³/mol. The zero-order valence-electron chi connectivity index (χ0n) is 9.87. The minimum Gasteiger partial charge on any atom is -0.365 e. The van der Waals surface area contributed by atoms with E-state index < -0.39 is 0 Å². The van der Waals surface area contributed by atoms with Gasteiger partial charge < -0.3 is 10.1 Å². The molecule has 1 aliphatic heterocycles. The Kier molecular flexibility index (Phi) is 3.79. The fourth-order valence-electron chi connectivity index (χ4n) is 1.82. The zero-order valence-corrected chi connectivity index (χ0v) is 11.5. The van der Waals surface area contributed by atoms with Crippen LogP contribution < -0.4 is 5.32 Å². The Hall–Kier alpha value is -0.940. The Balaban J connectivity index is 2.03. The third kappa shape index (κ3) is 3.04. The zero-order chi connectivity index (χ0) is 12.4. The second-order valence-electron chi connectivity index (χ2n) is 4.35. The van der Waals surface area contributed by atoms with Crippen LogP contribution >= 0.6 is 15.9 Å². The fourth-order valence-corrected chi connectivity index (χ4v) is 2.38. The number of aryl methyl sites for hydroxylation is 1. The summed E-state index contributed by atoms with van der Waals surface area (Å²) in [5, 5.41) is 2.78. The van der Waals surface area contributed by atoms with Crippen molar-refractivity contribution in [2.24, 2.45) is 0 Å². The molecular formula is C12H15BrN2O2. The van der Waals surface area contributed by atoms with E-state index in [1.165, 1.54) is 0 Å². The van der Waals surface area contributed by atoms with E-state index in [0.717, 1.165) is 22.9 Å². The largest absolute Gasteiger partial charge is 0.365 e. The minimum atomic E-state index is -0.347. The van der Waals surface area contributed by atoms with Crippen molar-refractivity contribution in [3.05, 3.63) is 22.3 Å². The van der Waals surface area contributed by atoms with Gasteiger partial charge in [-0.1, -0.05) is 0 Å². The second-order valence-corrected chi connectivity index (χ2v) is 5.20. The van der Waals surface area contributed by atoms with E-state index in [9.17, 15) is 4.79 Å². The van der Waals surface area contributed by atoms with Crippen LogP contribution in [0.1, 0.15) is 25.3 Å². The van der Waals surface area contributed by atoms with E-state index in [2.05, 4.69) is 26.2 Å². The molecule has 2 heterocycles. The van der Waals surface area contributed by atoms with Gasteiger partial charge in [-0.05, 0) is 54.2 Å². The standard InChI is InChI=1S/C12H15BrN2O2/c1-7-5-9(13)11(14-6-7)15-12(16)10-4-3-8(2)17-10/h5-6,8,10H,3-4H2,1-2H3,(H,14,15,16). The van der Waals surface area contributed by atoms with E-state index in [-0.39, 0.29) is 18.1 Å². The molecule has 4 nitrogen and oxygen atoms in total. The summed E-state index contributed by atoms with van der Waals surface area (Å²) in [6.07, 6.45) is 3.25. The Morgan fingerprint density at radius 2 is 2.35 bits per heavy atom. The number of nitrogens with one attached hydrogen (secondary N) is 1. The third-order valence-electron chi connectivity index (χ3n) is 2.74. The lowest BCUT2D eigenvalue weighted by atomic mass is 10.2. The monoisotopic (exact) mass is 298 g/mol. The van der Waals surface area contributed by atoms with Gasteiger partial charge in [-0.3, -0.25) is 4.79 Å². The first-order valence-electron chi connectivity index (χ1n) is 5.64. The summed E-state index contributed by atoms with van der Waals surface area (Å²) >= 11 is 3.38.